The molecule has 2 amide bonds. The van der Waals surface area contributed by atoms with Gasteiger partial charge in [-0.05, 0) is 60.4 Å². The van der Waals surface area contributed by atoms with Crippen LogP contribution in [-0.2, 0) is 14.3 Å². The van der Waals surface area contributed by atoms with Gasteiger partial charge in [0.15, 0.2) is 11.5 Å². The molecule has 0 spiro atoms. The van der Waals surface area contributed by atoms with E-state index in [-0.39, 0.29) is 37.1 Å². The predicted octanol–water partition coefficient (Wildman–Crippen LogP) is 3.45. The van der Waals surface area contributed by atoms with Gasteiger partial charge in [-0.25, -0.2) is 5.01 Å². The fraction of sp³-hybridized carbons (Fsp3) is 0.516. The molecule has 1 saturated heterocycles. The molecule has 6 rings (SSSR count). The van der Waals surface area contributed by atoms with Gasteiger partial charge in [0.1, 0.15) is 12.3 Å². The average Bonchev–Trinajstić information content (AvgIpc) is 3.80. The molecule has 41 heavy (non-hydrogen) atoms. The van der Waals surface area contributed by atoms with Crippen molar-refractivity contribution in [3.05, 3.63) is 53.6 Å². The van der Waals surface area contributed by atoms with Gasteiger partial charge in [-0.15, -0.1) is 0 Å². The summed E-state index contributed by atoms with van der Waals surface area (Å²) >= 11 is 0. The van der Waals surface area contributed by atoms with Crippen LogP contribution >= 0.6 is 0 Å². The molecule has 0 radical (unpaired) electrons. The number of nitrogens with zero attached hydrogens (tertiary/aromatic N) is 4. The Balaban J connectivity index is 1.25. The Morgan fingerprint density at radius 2 is 1.78 bits per heavy atom. The van der Waals surface area contributed by atoms with Crippen LogP contribution in [0.5, 0.6) is 17.2 Å². The number of carbonyl (C=O) groups is 2. The highest BCUT2D eigenvalue weighted by molar-refractivity contribution is 6.03. The van der Waals surface area contributed by atoms with Gasteiger partial charge in [0.25, 0.3) is 5.91 Å². The van der Waals surface area contributed by atoms with Crippen LogP contribution in [0.4, 0.5) is 0 Å². The fourth-order valence-electron chi connectivity index (χ4n) is 6.10. The van der Waals surface area contributed by atoms with Gasteiger partial charge in [-0.2, -0.15) is 5.10 Å². The van der Waals surface area contributed by atoms with Gasteiger partial charge >= 0.3 is 0 Å². The predicted molar refractivity (Wildman–Crippen MR) is 152 cm³/mol. The van der Waals surface area contributed by atoms with Crippen molar-refractivity contribution < 1.29 is 28.5 Å². The first-order chi connectivity index (χ1) is 20.1. The number of fused-ring (bicyclic) bond motifs is 1. The van der Waals surface area contributed by atoms with Crippen LogP contribution < -0.4 is 14.2 Å². The molecule has 2 aromatic rings. The van der Waals surface area contributed by atoms with Crippen LogP contribution in [0, 0.1) is 5.92 Å². The number of ether oxygens (including phenoxy) is 4. The third-order valence-electron chi connectivity index (χ3n) is 8.50. The number of rotatable bonds is 9. The first-order valence-electron chi connectivity index (χ1n) is 14.6. The molecule has 1 saturated carbocycles. The van der Waals surface area contributed by atoms with Crippen molar-refractivity contribution in [1.82, 2.24) is 14.8 Å². The summed E-state index contributed by atoms with van der Waals surface area (Å²) in [5, 5.41) is 6.42. The summed E-state index contributed by atoms with van der Waals surface area (Å²) in [6.45, 7) is 4.49. The lowest BCUT2D eigenvalue weighted by Crippen LogP contribution is -2.47. The van der Waals surface area contributed by atoms with Crippen LogP contribution in [0.15, 0.2) is 47.6 Å². The Kier molecular flexibility index (Phi) is 8.38. The van der Waals surface area contributed by atoms with Crippen molar-refractivity contribution >= 4 is 17.5 Å². The first-order valence-corrected chi connectivity index (χ1v) is 14.6. The lowest BCUT2D eigenvalue weighted by Gasteiger charge is -2.32. The van der Waals surface area contributed by atoms with Crippen molar-refractivity contribution in [2.75, 3.05) is 59.8 Å². The average molecular weight is 563 g/mol. The Hall–Kier alpha value is -3.63. The molecule has 0 bridgehead atoms. The minimum atomic E-state index is -0.322. The molecular weight excluding hydrogens is 524 g/mol. The van der Waals surface area contributed by atoms with Crippen LogP contribution in [0.2, 0.25) is 0 Å². The van der Waals surface area contributed by atoms with E-state index in [9.17, 15) is 9.59 Å². The zero-order chi connectivity index (χ0) is 28.2. The maximum atomic E-state index is 14.0. The smallest absolute Gasteiger partial charge is 0.262 e. The largest absolute Gasteiger partial charge is 0.497 e. The van der Waals surface area contributed by atoms with E-state index in [1.807, 2.05) is 42.5 Å². The molecule has 1 atom stereocenters. The summed E-state index contributed by atoms with van der Waals surface area (Å²) in [5.74, 6) is 2.00. The van der Waals surface area contributed by atoms with E-state index in [0.717, 1.165) is 67.9 Å². The molecule has 3 aliphatic heterocycles. The van der Waals surface area contributed by atoms with Crippen LogP contribution in [0.1, 0.15) is 49.3 Å². The number of benzene rings is 2. The van der Waals surface area contributed by atoms with Gasteiger partial charge in [0.05, 0.1) is 32.1 Å². The van der Waals surface area contributed by atoms with E-state index in [4.69, 9.17) is 24.0 Å². The normalized spacial score (nSPS) is 20.8. The second-order valence-corrected chi connectivity index (χ2v) is 11.0. The van der Waals surface area contributed by atoms with Crippen molar-refractivity contribution in [2.45, 2.75) is 38.1 Å². The van der Waals surface area contributed by atoms with Crippen molar-refractivity contribution in [2.24, 2.45) is 11.0 Å². The fourth-order valence-corrected chi connectivity index (χ4v) is 6.10. The molecule has 10 heteroatoms. The van der Waals surface area contributed by atoms with Gasteiger partial charge in [0.2, 0.25) is 12.7 Å². The van der Waals surface area contributed by atoms with Crippen molar-refractivity contribution in [1.29, 1.82) is 0 Å². The lowest BCUT2D eigenvalue weighted by atomic mass is 9.98. The summed E-state index contributed by atoms with van der Waals surface area (Å²) in [7, 11) is 1.63. The third-order valence-corrected chi connectivity index (χ3v) is 8.50. The van der Waals surface area contributed by atoms with Crippen LogP contribution in [-0.4, -0.2) is 92.2 Å². The summed E-state index contributed by atoms with van der Waals surface area (Å²) in [4.78, 5) is 31.7. The highest BCUT2D eigenvalue weighted by Crippen LogP contribution is 2.39. The van der Waals surface area contributed by atoms with Crippen molar-refractivity contribution in [3.63, 3.8) is 0 Å². The second-order valence-electron chi connectivity index (χ2n) is 11.0. The Morgan fingerprint density at radius 3 is 2.54 bits per heavy atom. The molecule has 1 aliphatic carbocycles. The number of hydrazone groups is 1. The summed E-state index contributed by atoms with van der Waals surface area (Å²) in [5.41, 5.74) is 2.65. The maximum Gasteiger partial charge on any atom is 0.262 e. The van der Waals surface area contributed by atoms with Gasteiger partial charge in [-0.3, -0.25) is 14.5 Å². The molecule has 2 aromatic carbocycles. The van der Waals surface area contributed by atoms with E-state index in [0.29, 0.717) is 37.7 Å². The number of morpholine rings is 1. The summed E-state index contributed by atoms with van der Waals surface area (Å²) in [6.07, 6.45) is 4.46. The monoisotopic (exact) mass is 562 g/mol. The quantitative estimate of drug-likeness (QED) is 0.462. The van der Waals surface area contributed by atoms with Crippen molar-refractivity contribution in [3.8, 4) is 17.2 Å². The van der Waals surface area contributed by atoms with E-state index in [2.05, 4.69) is 4.90 Å². The molecule has 10 nitrogen and oxygen atoms in total. The molecule has 1 unspecified atom stereocenters. The number of hydrogen-bond donors (Lipinski definition) is 0. The Labute approximate surface area is 240 Å². The topological polar surface area (TPSA) is 93.1 Å². The van der Waals surface area contributed by atoms with Crippen LogP contribution in [0.25, 0.3) is 0 Å². The van der Waals surface area contributed by atoms with E-state index in [1.165, 1.54) is 0 Å². The molecule has 3 heterocycles. The third kappa shape index (κ3) is 6.18. The Bertz CT molecular complexity index is 1270. The molecule has 2 fully saturated rings. The van der Waals surface area contributed by atoms with Gasteiger partial charge in [0, 0.05) is 38.5 Å². The molecular formula is C31H38N4O6. The van der Waals surface area contributed by atoms with E-state index in [1.54, 1.807) is 17.0 Å². The van der Waals surface area contributed by atoms with E-state index < -0.39 is 0 Å². The Morgan fingerprint density at radius 1 is 1.02 bits per heavy atom. The number of amides is 2. The zero-order valence-electron chi connectivity index (χ0n) is 23.6. The van der Waals surface area contributed by atoms with Gasteiger partial charge < -0.3 is 23.8 Å². The lowest BCUT2D eigenvalue weighted by molar-refractivity contribution is -0.144. The number of hydrogen-bond acceptors (Lipinski definition) is 8. The molecule has 218 valence electrons. The highest BCUT2D eigenvalue weighted by atomic mass is 16.7. The molecule has 4 aliphatic rings. The minimum Gasteiger partial charge on any atom is -0.497 e. The van der Waals surface area contributed by atoms with Gasteiger partial charge in [-0.1, -0.05) is 18.9 Å². The summed E-state index contributed by atoms with van der Waals surface area (Å²) in [6, 6.07) is 13.2. The number of carbonyl (C=O) groups excluding carboxylic acids is 2. The summed E-state index contributed by atoms with van der Waals surface area (Å²) < 4.78 is 21.9. The maximum absolute atomic E-state index is 14.0. The zero-order valence-corrected chi connectivity index (χ0v) is 23.6. The minimum absolute atomic E-state index is 0.000117. The second kappa shape index (κ2) is 12.5. The van der Waals surface area contributed by atoms with E-state index >= 15 is 0 Å². The number of methoxy groups -OCH3 is 1. The molecule has 0 N–H and O–H groups in total. The SMILES string of the molecule is COc1ccc(C2=NN(C(=O)CN(CCN3CCOCC3)C(=O)C3CCCC3)C(c3ccc4c(c3)OCO4)C2)cc1. The molecule has 0 aromatic heterocycles. The van der Waals surface area contributed by atoms with Crippen LogP contribution in [0.3, 0.4) is 0 Å². The standard InChI is InChI=1S/C31H38N4O6/c1-38-25-9-6-22(7-10-25)26-19-27(24-8-11-28-29(18-24)41-21-40-28)35(32-26)30(36)20-34(31(37)23-4-2-3-5-23)13-12-33-14-16-39-17-15-33/h6-11,18,23,27H,2-5,12-17,19-21H2,1H3. The highest BCUT2D eigenvalue weighted by Gasteiger charge is 2.36. The first kappa shape index (κ1) is 27.5.